The third-order valence-corrected chi connectivity index (χ3v) is 4.53. The van der Waals surface area contributed by atoms with Crippen molar-refractivity contribution in [2.75, 3.05) is 39.4 Å². The molecule has 0 aromatic heterocycles. The fraction of sp³-hybridized carbons (Fsp3) is 0.650. The zero-order chi connectivity index (χ0) is 19.6. The summed E-state index contributed by atoms with van der Waals surface area (Å²) in [5, 5.41) is 6.56. The van der Waals surface area contributed by atoms with Gasteiger partial charge in [-0.15, -0.1) is 24.0 Å². The maximum absolute atomic E-state index is 13.3. The molecule has 1 saturated heterocycles. The highest BCUT2D eigenvalue weighted by molar-refractivity contribution is 14.0. The Labute approximate surface area is 185 Å². The number of guanidine groups is 1. The van der Waals surface area contributed by atoms with Crippen LogP contribution in [-0.2, 0) is 4.74 Å². The second-order valence-electron chi connectivity index (χ2n) is 7.00. The molecule has 0 saturated carbocycles. The van der Waals surface area contributed by atoms with E-state index in [9.17, 15) is 4.39 Å². The summed E-state index contributed by atoms with van der Waals surface area (Å²) < 4.78 is 24.5. The number of nitrogens with one attached hydrogen (secondary N) is 2. The van der Waals surface area contributed by atoms with Crippen LogP contribution in [0.1, 0.15) is 27.7 Å². The molecule has 160 valence electrons. The van der Waals surface area contributed by atoms with E-state index in [1.54, 1.807) is 12.1 Å². The number of hydrogen-bond acceptors (Lipinski definition) is 4. The Morgan fingerprint density at radius 3 is 2.86 bits per heavy atom. The molecule has 6 nitrogen and oxygen atoms in total. The minimum atomic E-state index is -0.297. The predicted molar refractivity (Wildman–Crippen MR) is 122 cm³/mol. The molecule has 2 N–H and O–H groups in total. The van der Waals surface area contributed by atoms with Crippen molar-refractivity contribution in [3.63, 3.8) is 0 Å². The lowest BCUT2D eigenvalue weighted by atomic mass is 10.2. The molecule has 1 heterocycles. The predicted octanol–water partition coefficient (Wildman–Crippen LogP) is 2.88. The number of rotatable bonds is 8. The molecule has 0 aliphatic carbocycles. The normalized spacial score (nSPS) is 20.0. The summed E-state index contributed by atoms with van der Waals surface area (Å²) in [4.78, 5) is 7.15. The molecule has 1 fully saturated rings. The second-order valence-corrected chi connectivity index (χ2v) is 7.00. The minimum absolute atomic E-state index is 0. The molecule has 1 aliphatic rings. The Kier molecular flexibility index (Phi) is 11.7. The van der Waals surface area contributed by atoms with Gasteiger partial charge in [-0.25, -0.2) is 4.39 Å². The van der Waals surface area contributed by atoms with Gasteiger partial charge in [0, 0.05) is 31.2 Å². The van der Waals surface area contributed by atoms with Gasteiger partial charge in [0.25, 0.3) is 0 Å². The van der Waals surface area contributed by atoms with E-state index < -0.39 is 0 Å². The number of ether oxygens (including phenoxy) is 2. The number of morpholine rings is 1. The molecule has 28 heavy (non-hydrogen) atoms. The quantitative estimate of drug-likeness (QED) is 0.322. The highest BCUT2D eigenvalue weighted by Crippen LogP contribution is 2.13. The average molecular weight is 508 g/mol. The Morgan fingerprint density at radius 1 is 1.39 bits per heavy atom. The van der Waals surface area contributed by atoms with Crippen LogP contribution in [-0.4, -0.2) is 68.4 Å². The molecule has 2 rings (SSSR count). The van der Waals surface area contributed by atoms with E-state index in [-0.39, 0.29) is 35.9 Å². The SMILES string of the molecule is CCNC(=NCC(C)N1CCOCC1C)NCC(C)Oc1cccc(F)c1.I. The molecule has 0 bridgehead atoms. The first kappa shape index (κ1) is 24.9. The van der Waals surface area contributed by atoms with Crippen LogP contribution in [0.25, 0.3) is 0 Å². The zero-order valence-electron chi connectivity index (χ0n) is 17.3. The summed E-state index contributed by atoms with van der Waals surface area (Å²) in [5.41, 5.74) is 0. The van der Waals surface area contributed by atoms with Crippen molar-refractivity contribution in [1.29, 1.82) is 0 Å². The van der Waals surface area contributed by atoms with Crippen LogP contribution in [0.3, 0.4) is 0 Å². The van der Waals surface area contributed by atoms with Crippen molar-refractivity contribution in [2.24, 2.45) is 4.99 Å². The van der Waals surface area contributed by atoms with Crippen LogP contribution in [0.2, 0.25) is 0 Å². The van der Waals surface area contributed by atoms with Gasteiger partial charge >= 0.3 is 0 Å². The largest absolute Gasteiger partial charge is 0.489 e. The number of benzene rings is 1. The molecule has 0 amide bonds. The van der Waals surface area contributed by atoms with Crippen molar-refractivity contribution in [1.82, 2.24) is 15.5 Å². The van der Waals surface area contributed by atoms with Gasteiger partial charge in [-0.3, -0.25) is 9.89 Å². The highest BCUT2D eigenvalue weighted by Gasteiger charge is 2.23. The van der Waals surface area contributed by atoms with Crippen molar-refractivity contribution >= 4 is 29.9 Å². The minimum Gasteiger partial charge on any atom is -0.489 e. The molecule has 1 aromatic carbocycles. The van der Waals surface area contributed by atoms with E-state index >= 15 is 0 Å². The second kappa shape index (κ2) is 13.2. The molecule has 0 spiro atoms. The van der Waals surface area contributed by atoms with Gasteiger partial charge in [0.15, 0.2) is 5.96 Å². The molecular weight excluding hydrogens is 474 g/mol. The summed E-state index contributed by atoms with van der Waals surface area (Å²) in [6.45, 7) is 12.9. The van der Waals surface area contributed by atoms with E-state index in [0.717, 1.165) is 32.3 Å². The fourth-order valence-corrected chi connectivity index (χ4v) is 3.12. The van der Waals surface area contributed by atoms with Gasteiger partial charge in [-0.05, 0) is 39.8 Å². The first-order valence-electron chi connectivity index (χ1n) is 9.77. The van der Waals surface area contributed by atoms with Crippen LogP contribution in [0.15, 0.2) is 29.3 Å². The van der Waals surface area contributed by atoms with Crippen molar-refractivity contribution in [3.8, 4) is 5.75 Å². The first-order valence-corrected chi connectivity index (χ1v) is 9.77. The number of nitrogens with zero attached hydrogens (tertiary/aromatic N) is 2. The van der Waals surface area contributed by atoms with Crippen molar-refractivity contribution in [2.45, 2.75) is 45.9 Å². The van der Waals surface area contributed by atoms with E-state index in [2.05, 4.69) is 29.4 Å². The van der Waals surface area contributed by atoms with Crippen molar-refractivity contribution < 1.29 is 13.9 Å². The van der Waals surface area contributed by atoms with Crippen molar-refractivity contribution in [3.05, 3.63) is 30.1 Å². The number of aliphatic imine (C=N–C) groups is 1. The van der Waals surface area contributed by atoms with Crippen LogP contribution in [0.5, 0.6) is 5.75 Å². The van der Waals surface area contributed by atoms with Gasteiger partial charge < -0.3 is 20.1 Å². The van der Waals surface area contributed by atoms with Crippen LogP contribution in [0.4, 0.5) is 4.39 Å². The molecular formula is C20H34FIN4O2. The molecule has 3 unspecified atom stereocenters. The zero-order valence-corrected chi connectivity index (χ0v) is 19.6. The van der Waals surface area contributed by atoms with E-state index in [1.165, 1.54) is 12.1 Å². The smallest absolute Gasteiger partial charge is 0.191 e. The lowest BCUT2D eigenvalue weighted by Gasteiger charge is -2.37. The average Bonchev–Trinajstić information content (AvgIpc) is 2.64. The topological polar surface area (TPSA) is 58.1 Å². The Bertz CT molecular complexity index is 605. The molecule has 0 radical (unpaired) electrons. The monoisotopic (exact) mass is 508 g/mol. The summed E-state index contributed by atoms with van der Waals surface area (Å²) in [6, 6.07) is 6.96. The van der Waals surface area contributed by atoms with Gasteiger partial charge in [-0.1, -0.05) is 6.07 Å². The highest BCUT2D eigenvalue weighted by atomic mass is 127. The summed E-state index contributed by atoms with van der Waals surface area (Å²) in [7, 11) is 0. The third-order valence-electron chi connectivity index (χ3n) is 4.53. The maximum Gasteiger partial charge on any atom is 0.191 e. The van der Waals surface area contributed by atoms with Gasteiger partial charge in [0.2, 0.25) is 0 Å². The fourth-order valence-electron chi connectivity index (χ4n) is 3.12. The lowest BCUT2D eigenvalue weighted by molar-refractivity contribution is -0.0165. The summed E-state index contributed by atoms with van der Waals surface area (Å²) in [6.07, 6.45) is -0.118. The number of hydrogen-bond donors (Lipinski definition) is 2. The first-order chi connectivity index (χ1) is 13.0. The molecule has 8 heteroatoms. The van der Waals surface area contributed by atoms with E-state index in [1.807, 2.05) is 13.8 Å². The Morgan fingerprint density at radius 2 is 2.18 bits per heavy atom. The summed E-state index contributed by atoms with van der Waals surface area (Å²) in [5.74, 6) is 0.995. The molecule has 1 aromatic rings. The standard InChI is InChI=1S/C20H33FN4O2.HI/c1-5-22-20(23-12-15(2)25-9-10-26-14-16(25)3)24-13-17(4)27-19-8-6-7-18(21)11-19;/h6-8,11,15-17H,5,9-10,12-14H2,1-4H3,(H2,22,23,24);1H. The lowest BCUT2D eigenvalue weighted by Crippen LogP contribution is -2.50. The molecule has 1 aliphatic heterocycles. The van der Waals surface area contributed by atoms with Crippen LogP contribution >= 0.6 is 24.0 Å². The Balaban J connectivity index is 0.00000392. The third kappa shape index (κ3) is 8.48. The van der Waals surface area contributed by atoms with Crippen LogP contribution in [0, 0.1) is 5.82 Å². The van der Waals surface area contributed by atoms with E-state index in [0.29, 0.717) is 30.9 Å². The maximum atomic E-state index is 13.3. The van der Waals surface area contributed by atoms with E-state index in [4.69, 9.17) is 14.5 Å². The Hall–Kier alpha value is -1.13. The molecule has 3 atom stereocenters. The van der Waals surface area contributed by atoms with Crippen LogP contribution < -0.4 is 15.4 Å². The van der Waals surface area contributed by atoms with Gasteiger partial charge in [-0.2, -0.15) is 0 Å². The van der Waals surface area contributed by atoms with Gasteiger partial charge in [0.05, 0.1) is 26.3 Å². The number of halogens is 2. The summed E-state index contributed by atoms with van der Waals surface area (Å²) >= 11 is 0. The van der Waals surface area contributed by atoms with Gasteiger partial charge in [0.1, 0.15) is 17.7 Å².